The molecule has 0 radical (unpaired) electrons. The van der Waals surface area contributed by atoms with E-state index in [1.54, 1.807) is 16.9 Å². The molecule has 2 aromatic rings. The van der Waals surface area contributed by atoms with Crippen LogP contribution in [0.25, 0.3) is 11.0 Å². The van der Waals surface area contributed by atoms with Crippen LogP contribution in [0.2, 0.25) is 0 Å². The average molecular weight is 316 g/mol. The Kier molecular flexibility index (Phi) is 3.79. The van der Waals surface area contributed by atoms with Crippen LogP contribution in [-0.4, -0.2) is 37.8 Å². The molecule has 2 heterocycles. The standard InChI is InChI=1S/C16H20N4O3/c1-8(2)20-14-13(7-17-20)12(4-9(3)18-14)15(21)19-11-5-10(6-11)16(22)23/h4,7-8,10-11H,5-6H2,1-3H3,(H,19,21)(H,22,23). The Morgan fingerprint density at radius 3 is 2.70 bits per heavy atom. The Labute approximate surface area is 133 Å². The summed E-state index contributed by atoms with van der Waals surface area (Å²) in [7, 11) is 0. The van der Waals surface area contributed by atoms with Crippen molar-refractivity contribution in [1.82, 2.24) is 20.1 Å². The fourth-order valence-electron chi connectivity index (χ4n) is 2.91. The van der Waals surface area contributed by atoms with E-state index in [1.165, 1.54) is 0 Å². The second-order valence-electron chi connectivity index (χ2n) is 6.41. The Balaban J connectivity index is 1.85. The Morgan fingerprint density at radius 2 is 2.09 bits per heavy atom. The van der Waals surface area contributed by atoms with Crippen molar-refractivity contribution >= 4 is 22.9 Å². The highest BCUT2D eigenvalue weighted by atomic mass is 16.4. The number of carboxylic acids is 1. The van der Waals surface area contributed by atoms with Gasteiger partial charge >= 0.3 is 5.97 Å². The first-order chi connectivity index (χ1) is 10.9. The summed E-state index contributed by atoms with van der Waals surface area (Å²) in [4.78, 5) is 27.9. The maximum absolute atomic E-state index is 12.5. The van der Waals surface area contributed by atoms with Crippen molar-refractivity contribution in [3.63, 3.8) is 0 Å². The van der Waals surface area contributed by atoms with Gasteiger partial charge in [-0.25, -0.2) is 9.67 Å². The van der Waals surface area contributed by atoms with Crippen molar-refractivity contribution in [2.24, 2.45) is 5.92 Å². The van der Waals surface area contributed by atoms with Crippen LogP contribution >= 0.6 is 0 Å². The fourth-order valence-corrected chi connectivity index (χ4v) is 2.91. The number of carbonyl (C=O) groups excluding carboxylic acids is 1. The molecule has 0 aromatic carbocycles. The highest BCUT2D eigenvalue weighted by Gasteiger charge is 2.35. The summed E-state index contributed by atoms with van der Waals surface area (Å²) in [6.07, 6.45) is 2.64. The van der Waals surface area contributed by atoms with Gasteiger partial charge in [-0.1, -0.05) is 0 Å². The molecule has 122 valence electrons. The number of carbonyl (C=O) groups is 2. The molecule has 1 fully saturated rings. The van der Waals surface area contributed by atoms with Crippen molar-refractivity contribution in [1.29, 1.82) is 0 Å². The first kappa shape index (κ1) is 15.5. The quantitative estimate of drug-likeness (QED) is 0.898. The van der Waals surface area contributed by atoms with Crippen LogP contribution < -0.4 is 5.32 Å². The largest absolute Gasteiger partial charge is 0.481 e. The van der Waals surface area contributed by atoms with Gasteiger partial charge in [0, 0.05) is 17.8 Å². The van der Waals surface area contributed by atoms with E-state index in [9.17, 15) is 9.59 Å². The summed E-state index contributed by atoms with van der Waals surface area (Å²) in [6, 6.07) is 1.82. The summed E-state index contributed by atoms with van der Waals surface area (Å²) in [6.45, 7) is 5.87. The SMILES string of the molecule is Cc1cc(C(=O)NC2CC(C(=O)O)C2)c2cnn(C(C)C)c2n1. The first-order valence-corrected chi connectivity index (χ1v) is 7.75. The maximum Gasteiger partial charge on any atom is 0.306 e. The van der Waals surface area contributed by atoms with Gasteiger partial charge in [0.25, 0.3) is 5.91 Å². The minimum absolute atomic E-state index is 0.0766. The van der Waals surface area contributed by atoms with E-state index in [0.717, 1.165) is 11.1 Å². The molecule has 1 aliphatic rings. The molecule has 23 heavy (non-hydrogen) atoms. The van der Waals surface area contributed by atoms with E-state index in [1.807, 2.05) is 20.8 Å². The second kappa shape index (κ2) is 5.64. The van der Waals surface area contributed by atoms with Gasteiger partial charge in [0.1, 0.15) is 0 Å². The topological polar surface area (TPSA) is 97.1 Å². The van der Waals surface area contributed by atoms with Crippen LogP contribution in [0.5, 0.6) is 0 Å². The van der Waals surface area contributed by atoms with Gasteiger partial charge in [-0.15, -0.1) is 0 Å². The van der Waals surface area contributed by atoms with Crippen molar-refractivity contribution < 1.29 is 14.7 Å². The molecule has 2 N–H and O–H groups in total. The van der Waals surface area contributed by atoms with Gasteiger partial charge in [0.05, 0.1) is 23.1 Å². The lowest BCUT2D eigenvalue weighted by Gasteiger charge is -2.32. The predicted molar refractivity (Wildman–Crippen MR) is 84.3 cm³/mol. The Hall–Kier alpha value is -2.44. The minimum Gasteiger partial charge on any atom is -0.481 e. The van der Waals surface area contributed by atoms with E-state index in [-0.39, 0.29) is 23.9 Å². The smallest absolute Gasteiger partial charge is 0.306 e. The molecule has 0 spiro atoms. The van der Waals surface area contributed by atoms with Crippen molar-refractivity contribution in [3.8, 4) is 0 Å². The lowest BCUT2D eigenvalue weighted by Crippen LogP contribution is -2.46. The van der Waals surface area contributed by atoms with Gasteiger partial charge in [-0.05, 0) is 39.7 Å². The van der Waals surface area contributed by atoms with Crippen molar-refractivity contribution in [3.05, 3.63) is 23.5 Å². The van der Waals surface area contributed by atoms with Crippen LogP contribution in [0.4, 0.5) is 0 Å². The summed E-state index contributed by atoms with van der Waals surface area (Å²) >= 11 is 0. The number of amides is 1. The molecular weight excluding hydrogens is 296 g/mol. The molecule has 1 amide bonds. The van der Waals surface area contributed by atoms with Gasteiger partial charge in [-0.2, -0.15) is 5.10 Å². The van der Waals surface area contributed by atoms with Gasteiger partial charge in [0.15, 0.2) is 5.65 Å². The van der Waals surface area contributed by atoms with E-state index in [0.29, 0.717) is 24.1 Å². The third kappa shape index (κ3) is 2.78. The third-order valence-electron chi connectivity index (χ3n) is 4.25. The molecule has 0 bridgehead atoms. The van der Waals surface area contributed by atoms with Crippen molar-refractivity contribution in [2.75, 3.05) is 0 Å². The highest BCUT2D eigenvalue weighted by molar-refractivity contribution is 6.05. The minimum atomic E-state index is -0.796. The summed E-state index contributed by atoms with van der Waals surface area (Å²) in [5.41, 5.74) is 1.99. The van der Waals surface area contributed by atoms with Crippen LogP contribution in [-0.2, 0) is 4.79 Å². The van der Waals surface area contributed by atoms with E-state index in [4.69, 9.17) is 5.11 Å². The molecule has 2 aromatic heterocycles. The lowest BCUT2D eigenvalue weighted by atomic mass is 9.80. The number of rotatable bonds is 4. The molecule has 0 atom stereocenters. The molecule has 3 rings (SSSR count). The maximum atomic E-state index is 12.5. The van der Waals surface area contributed by atoms with Crippen LogP contribution in [0.1, 0.15) is 48.8 Å². The molecular formula is C16H20N4O3. The summed E-state index contributed by atoms with van der Waals surface area (Å²) < 4.78 is 1.79. The van der Waals surface area contributed by atoms with E-state index in [2.05, 4.69) is 15.4 Å². The normalized spacial score (nSPS) is 20.5. The number of hydrogen-bond donors (Lipinski definition) is 2. The number of nitrogens with one attached hydrogen (secondary N) is 1. The Bertz CT molecular complexity index is 775. The number of hydrogen-bond acceptors (Lipinski definition) is 4. The average Bonchev–Trinajstić information content (AvgIpc) is 2.84. The number of aromatic nitrogens is 3. The van der Waals surface area contributed by atoms with Crippen LogP contribution in [0, 0.1) is 12.8 Å². The lowest BCUT2D eigenvalue weighted by molar-refractivity contribution is -0.145. The molecule has 7 nitrogen and oxygen atoms in total. The number of aryl methyl sites for hydroxylation is 1. The van der Waals surface area contributed by atoms with Gasteiger partial charge in [0.2, 0.25) is 0 Å². The number of fused-ring (bicyclic) bond motifs is 1. The van der Waals surface area contributed by atoms with Crippen molar-refractivity contribution in [2.45, 2.75) is 45.7 Å². The van der Waals surface area contributed by atoms with Crippen LogP contribution in [0.3, 0.4) is 0 Å². The van der Waals surface area contributed by atoms with Crippen LogP contribution in [0.15, 0.2) is 12.3 Å². The van der Waals surface area contributed by atoms with Gasteiger partial charge < -0.3 is 10.4 Å². The molecule has 0 saturated heterocycles. The zero-order chi connectivity index (χ0) is 16.7. The number of aliphatic carboxylic acids is 1. The van der Waals surface area contributed by atoms with E-state index < -0.39 is 5.97 Å². The zero-order valence-corrected chi connectivity index (χ0v) is 13.4. The van der Waals surface area contributed by atoms with E-state index >= 15 is 0 Å². The zero-order valence-electron chi connectivity index (χ0n) is 13.4. The molecule has 1 aliphatic carbocycles. The number of carboxylic acid groups (broad SMARTS) is 1. The molecule has 7 heteroatoms. The van der Waals surface area contributed by atoms with Gasteiger partial charge in [-0.3, -0.25) is 9.59 Å². The third-order valence-corrected chi connectivity index (χ3v) is 4.25. The number of nitrogens with zero attached hydrogens (tertiary/aromatic N) is 3. The summed E-state index contributed by atoms with van der Waals surface area (Å²) in [5.74, 6) is -1.34. The fraction of sp³-hybridized carbons (Fsp3) is 0.500. The molecule has 0 aliphatic heterocycles. The predicted octanol–water partition coefficient (Wildman–Crippen LogP) is 1.91. The monoisotopic (exact) mass is 316 g/mol. The molecule has 0 unspecified atom stereocenters. The molecule has 1 saturated carbocycles. The highest BCUT2D eigenvalue weighted by Crippen LogP contribution is 2.28. The second-order valence-corrected chi connectivity index (χ2v) is 6.41. The summed E-state index contributed by atoms with van der Waals surface area (Å²) in [5, 5.41) is 16.9. The Morgan fingerprint density at radius 1 is 1.39 bits per heavy atom. The first-order valence-electron chi connectivity index (χ1n) is 7.75. The number of pyridine rings is 1.